The molecule has 0 spiro atoms. The number of para-hydroxylation sites is 2. The smallest absolute Gasteiger partial charge is 0.322 e. The van der Waals surface area contributed by atoms with Gasteiger partial charge in [-0.05, 0) is 49.9 Å². The summed E-state index contributed by atoms with van der Waals surface area (Å²) in [5, 5.41) is 2.70. The number of hydrogen-bond donors (Lipinski definition) is 1. The van der Waals surface area contributed by atoms with E-state index in [1.165, 1.54) is 6.07 Å². The maximum absolute atomic E-state index is 14.4. The van der Waals surface area contributed by atoms with Crippen LogP contribution < -0.4 is 10.1 Å². The van der Waals surface area contributed by atoms with Crippen LogP contribution in [-0.2, 0) is 4.74 Å². The Morgan fingerprint density at radius 1 is 1.14 bits per heavy atom. The van der Waals surface area contributed by atoms with Crippen LogP contribution in [0.4, 0.5) is 14.9 Å². The normalized spacial score (nSPS) is 17.1. The number of benzene rings is 2. The molecule has 3 rings (SSSR count). The first kappa shape index (κ1) is 20.1. The fourth-order valence-corrected chi connectivity index (χ4v) is 3.23. The van der Waals surface area contributed by atoms with Gasteiger partial charge in [0, 0.05) is 19.7 Å². The molecule has 0 aliphatic carbocycles. The fourth-order valence-electron chi connectivity index (χ4n) is 3.23. The summed E-state index contributed by atoms with van der Waals surface area (Å²) in [6.45, 7) is 4.04. The molecule has 6 heteroatoms. The highest BCUT2D eigenvalue weighted by atomic mass is 19.1. The van der Waals surface area contributed by atoms with E-state index in [1.54, 1.807) is 29.2 Å². The number of anilines is 1. The van der Waals surface area contributed by atoms with Gasteiger partial charge in [0.05, 0.1) is 6.10 Å². The zero-order chi connectivity index (χ0) is 19.8. The predicted octanol–water partition coefficient (Wildman–Crippen LogP) is 5.43. The maximum Gasteiger partial charge on any atom is 0.322 e. The molecule has 2 aromatic carbocycles. The summed E-state index contributed by atoms with van der Waals surface area (Å²) < 4.78 is 26.0. The Kier molecular flexibility index (Phi) is 7.25. The van der Waals surface area contributed by atoms with Gasteiger partial charge in [-0.2, -0.15) is 0 Å². The summed E-state index contributed by atoms with van der Waals surface area (Å²) in [6, 6.07) is 13.3. The molecule has 1 heterocycles. The SMILES string of the molecule is CCCOC1CCCN(C(=O)Nc2c(F)cccc2Oc2ccccc2)CC1. The summed E-state index contributed by atoms with van der Waals surface area (Å²) in [5.41, 5.74) is 0.0550. The molecule has 0 aromatic heterocycles. The van der Waals surface area contributed by atoms with Gasteiger partial charge in [0.25, 0.3) is 0 Å². The van der Waals surface area contributed by atoms with Crippen molar-refractivity contribution in [1.29, 1.82) is 0 Å². The molecule has 1 fully saturated rings. The van der Waals surface area contributed by atoms with E-state index >= 15 is 0 Å². The van der Waals surface area contributed by atoms with Crippen LogP contribution in [0.5, 0.6) is 11.5 Å². The third kappa shape index (κ3) is 5.45. The van der Waals surface area contributed by atoms with Crippen molar-refractivity contribution in [1.82, 2.24) is 4.90 Å². The van der Waals surface area contributed by atoms with Crippen LogP contribution >= 0.6 is 0 Å². The van der Waals surface area contributed by atoms with E-state index in [4.69, 9.17) is 9.47 Å². The molecule has 5 nitrogen and oxygen atoms in total. The van der Waals surface area contributed by atoms with Crippen LogP contribution in [-0.4, -0.2) is 36.7 Å². The Hall–Kier alpha value is -2.60. The molecule has 1 saturated heterocycles. The predicted molar refractivity (Wildman–Crippen MR) is 107 cm³/mol. The topological polar surface area (TPSA) is 50.8 Å². The van der Waals surface area contributed by atoms with Gasteiger partial charge in [-0.15, -0.1) is 0 Å². The minimum Gasteiger partial charge on any atom is -0.455 e. The number of rotatable bonds is 6. The summed E-state index contributed by atoms with van der Waals surface area (Å²) in [5.74, 6) is 0.327. The number of nitrogens with zero attached hydrogens (tertiary/aromatic N) is 1. The van der Waals surface area contributed by atoms with E-state index in [-0.39, 0.29) is 23.6 Å². The molecule has 1 aliphatic heterocycles. The lowest BCUT2D eigenvalue weighted by molar-refractivity contribution is 0.0446. The van der Waals surface area contributed by atoms with Crippen molar-refractivity contribution < 1.29 is 18.7 Å². The van der Waals surface area contributed by atoms with E-state index in [0.717, 1.165) is 32.3 Å². The Bertz CT molecular complexity index is 770. The number of ether oxygens (including phenoxy) is 2. The number of urea groups is 1. The molecular weight excluding hydrogens is 359 g/mol. The Morgan fingerprint density at radius 2 is 1.96 bits per heavy atom. The maximum atomic E-state index is 14.4. The summed E-state index contributed by atoms with van der Waals surface area (Å²) >= 11 is 0. The molecule has 1 atom stereocenters. The van der Waals surface area contributed by atoms with Crippen LogP contribution in [0.15, 0.2) is 48.5 Å². The third-order valence-corrected chi connectivity index (χ3v) is 4.70. The molecule has 28 heavy (non-hydrogen) atoms. The first-order valence-corrected chi connectivity index (χ1v) is 9.86. The lowest BCUT2D eigenvalue weighted by Gasteiger charge is -2.22. The van der Waals surface area contributed by atoms with Crippen molar-refractivity contribution in [3.05, 3.63) is 54.3 Å². The van der Waals surface area contributed by atoms with Gasteiger partial charge >= 0.3 is 6.03 Å². The van der Waals surface area contributed by atoms with Crippen molar-refractivity contribution in [3.8, 4) is 11.5 Å². The number of carbonyl (C=O) groups excluding carboxylic acids is 1. The largest absolute Gasteiger partial charge is 0.455 e. The molecule has 150 valence electrons. The van der Waals surface area contributed by atoms with Gasteiger partial charge in [-0.3, -0.25) is 0 Å². The van der Waals surface area contributed by atoms with Gasteiger partial charge in [-0.25, -0.2) is 9.18 Å². The van der Waals surface area contributed by atoms with Crippen LogP contribution in [0.3, 0.4) is 0 Å². The molecule has 2 amide bonds. The van der Waals surface area contributed by atoms with Gasteiger partial charge in [-0.1, -0.05) is 31.2 Å². The van der Waals surface area contributed by atoms with E-state index in [2.05, 4.69) is 12.2 Å². The molecule has 0 saturated carbocycles. The molecule has 0 bridgehead atoms. The highest BCUT2D eigenvalue weighted by molar-refractivity contribution is 5.91. The second kappa shape index (κ2) is 10.1. The number of amides is 2. The van der Waals surface area contributed by atoms with Crippen molar-refractivity contribution >= 4 is 11.7 Å². The molecule has 1 unspecified atom stereocenters. The summed E-state index contributed by atoms with van der Waals surface area (Å²) in [7, 11) is 0. The molecule has 1 aliphatic rings. The molecular formula is C22H27FN2O3. The van der Waals surface area contributed by atoms with E-state index in [0.29, 0.717) is 18.8 Å². The number of likely N-dealkylation sites (tertiary alicyclic amines) is 1. The number of hydrogen-bond acceptors (Lipinski definition) is 3. The second-order valence-electron chi connectivity index (χ2n) is 6.87. The fraction of sp³-hybridized carbons (Fsp3) is 0.409. The highest BCUT2D eigenvalue weighted by Crippen LogP contribution is 2.32. The first-order valence-electron chi connectivity index (χ1n) is 9.86. The van der Waals surface area contributed by atoms with Gasteiger partial charge in [0.1, 0.15) is 11.4 Å². The second-order valence-corrected chi connectivity index (χ2v) is 6.87. The minimum atomic E-state index is -0.527. The van der Waals surface area contributed by atoms with Crippen molar-refractivity contribution in [3.63, 3.8) is 0 Å². The summed E-state index contributed by atoms with van der Waals surface area (Å²) in [6.07, 6.45) is 3.76. The molecule has 1 N–H and O–H groups in total. The van der Waals surface area contributed by atoms with E-state index in [9.17, 15) is 9.18 Å². The molecule has 0 radical (unpaired) electrons. The number of nitrogens with one attached hydrogen (secondary N) is 1. The zero-order valence-corrected chi connectivity index (χ0v) is 16.2. The van der Waals surface area contributed by atoms with Gasteiger partial charge < -0.3 is 19.7 Å². The lowest BCUT2D eigenvalue weighted by Crippen LogP contribution is -2.36. The number of carbonyl (C=O) groups is 1. The van der Waals surface area contributed by atoms with Crippen molar-refractivity contribution in [2.45, 2.75) is 38.7 Å². The van der Waals surface area contributed by atoms with Crippen molar-refractivity contribution in [2.24, 2.45) is 0 Å². The Morgan fingerprint density at radius 3 is 2.75 bits per heavy atom. The Labute approximate surface area is 165 Å². The quantitative estimate of drug-likeness (QED) is 0.720. The zero-order valence-electron chi connectivity index (χ0n) is 16.2. The standard InChI is InChI=1S/C22H27FN2O3/c1-2-16-27-17-10-7-14-25(15-13-17)22(26)24-21-19(23)11-6-12-20(21)28-18-8-4-3-5-9-18/h3-6,8-9,11-12,17H,2,7,10,13-16H2,1H3,(H,24,26). The molecule has 2 aromatic rings. The summed E-state index contributed by atoms with van der Waals surface area (Å²) in [4.78, 5) is 14.5. The first-order chi connectivity index (χ1) is 13.7. The average Bonchev–Trinajstić information content (AvgIpc) is 2.95. The minimum absolute atomic E-state index is 0.0550. The van der Waals surface area contributed by atoms with Gasteiger partial charge in [0.15, 0.2) is 11.6 Å². The van der Waals surface area contributed by atoms with E-state index in [1.807, 2.05) is 18.2 Å². The number of halogens is 1. The van der Waals surface area contributed by atoms with Crippen LogP contribution in [0, 0.1) is 5.82 Å². The van der Waals surface area contributed by atoms with Crippen LogP contribution in [0.2, 0.25) is 0 Å². The average molecular weight is 386 g/mol. The van der Waals surface area contributed by atoms with Crippen LogP contribution in [0.25, 0.3) is 0 Å². The van der Waals surface area contributed by atoms with Crippen LogP contribution in [0.1, 0.15) is 32.6 Å². The van der Waals surface area contributed by atoms with Crippen molar-refractivity contribution in [2.75, 3.05) is 25.0 Å². The third-order valence-electron chi connectivity index (χ3n) is 4.70. The Balaban J connectivity index is 1.66. The van der Waals surface area contributed by atoms with Gasteiger partial charge in [0.2, 0.25) is 0 Å². The highest BCUT2D eigenvalue weighted by Gasteiger charge is 2.23. The lowest BCUT2D eigenvalue weighted by atomic mass is 10.2. The van der Waals surface area contributed by atoms with E-state index < -0.39 is 5.82 Å². The monoisotopic (exact) mass is 386 g/mol.